The molecule has 0 bridgehead atoms. The third kappa shape index (κ3) is 5.90. The molecule has 25 heavy (non-hydrogen) atoms. The van der Waals surface area contributed by atoms with Crippen molar-refractivity contribution in [3.05, 3.63) is 48.5 Å². The van der Waals surface area contributed by atoms with E-state index in [9.17, 15) is 9.90 Å². The van der Waals surface area contributed by atoms with Gasteiger partial charge in [-0.05, 0) is 36.5 Å². The highest BCUT2D eigenvalue weighted by Gasteiger charge is 2.20. The van der Waals surface area contributed by atoms with Crippen molar-refractivity contribution in [2.75, 3.05) is 6.61 Å². The third-order valence-electron chi connectivity index (χ3n) is 3.96. The number of urea groups is 1. The van der Waals surface area contributed by atoms with E-state index in [-0.39, 0.29) is 30.1 Å². The first-order valence-corrected chi connectivity index (χ1v) is 8.54. The van der Waals surface area contributed by atoms with Gasteiger partial charge in [0.2, 0.25) is 0 Å². The first kappa shape index (κ1) is 19.0. The Balaban J connectivity index is 1.92. The number of carbonyl (C=O) groups excluding carboxylic acids is 1. The first-order valence-electron chi connectivity index (χ1n) is 8.54. The van der Waals surface area contributed by atoms with Crippen LogP contribution in [0.25, 0.3) is 5.69 Å². The number of rotatable bonds is 6. The van der Waals surface area contributed by atoms with Crippen molar-refractivity contribution >= 4 is 6.03 Å². The molecule has 3 N–H and O–H groups in total. The summed E-state index contributed by atoms with van der Waals surface area (Å²) in [5.41, 5.74) is 2.06. The third-order valence-corrected chi connectivity index (χ3v) is 3.96. The van der Waals surface area contributed by atoms with Crippen LogP contribution in [0.2, 0.25) is 0 Å². The molecule has 0 aliphatic carbocycles. The van der Waals surface area contributed by atoms with E-state index in [2.05, 4.69) is 36.4 Å². The highest BCUT2D eigenvalue weighted by atomic mass is 16.3. The number of amides is 2. The van der Waals surface area contributed by atoms with Crippen molar-refractivity contribution in [3.63, 3.8) is 0 Å². The number of aromatic nitrogens is 2. The van der Waals surface area contributed by atoms with E-state index in [4.69, 9.17) is 0 Å². The van der Waals surface area contributed by atoms with Gasteiger partial charge in [0.15, 0.2) is 0 Å². The van der Waals surface area contributed by atoms with Crippen LogP contribution in [0.15, 0.2) is 43.0 Å². The van der Waals surface area contributed by atoms with Gasteiger partial charge in [-0.1, -0.05) is 32.9 Å². The van der Waals surface area contributed by atoms with Gasteiger partial charge in [-0.3, -0.25) is 0 Å². The number of imidazole rings is 1. The molecule has 2 unspecified atom stereocenters. The van der Waals surface area contributed by atoms with Crippen LogP contribution in [0, 0.1) is 5.41 Å². The molecule has 6 heteroatoms. The predicted octanol–water partition coefficient (Wildman–Crippen LogP) is 3.03. The van der Waals surface area contributed by atoms with E-state index in [0.717, 1.165) is 11.3 Å². The summed E-state index contributed by atoms with van der Waals surface area (Å²) in [6.45, 7) is 8.11. The molecule has 2 aromatic rings. The SMILES string of the molecule is CC(NC(=O)NC(CO)CC(C)(C)C)c1ccc(-n2ccnc2)cc1. The summed E-state index contributed by atoms with van der Waals surface area (Å²) >= 11 is 0. The van der Waals surface area contributed by atoms with Crippen LogP contribution in [-0.2, 0) is 0 Å². The van der Waals surface area contributed by atoms with Crippen molar-refractivity contribution in [1.82, 2.24) is 20.2 Å². The lowest BCUT2D eigenvalue weighted by molar-refractivity contribution is 0.189. The second kappa shape index (κ2) is 8.16. The second-order valence-electron chi connectivity index (χ2n) is 7.55. The van der Waals surface area contributed by atoms with Crippen LogP contribution < -0.4 is 10.6 Å². The minimum Gasteiger partial charge on any atom is -0.394 e. The van der Waals surface area contributed by atoms with Crippen LogP contribution in [0.4, 0.5) is 4.79 Å². The zero-order chi connectivity index (χ0) is 18.4. The summed E-state index contributed by atoms with van der Waals surface area (Å²) in [5, 5.41) is 15.2. The molecule has 136 valence electrons. The first-order chi connectivity index (χ1) is 11.8. The van der Waals surface area contributed by atoms with Gasteiger partial charge in [0.1, 0.15) is 0 Å². The number of carbonyl (C=O) groups is 1. The highest BCUT2D eigenvalue weighted by Crippen LogP contribution is 2.21. The van der Waals surface area contributed by atoms with Gasteiger partial charge in [-0.2, -0.15) is 0 Å². The van der Waals surface area contributed by atoms with Crippen LogP contribution in [-0.4, -0.2) is 33.3 Å². The number of hydrogen-bond donors (Lipinski definition) is 3. The van der Waals surface area contributed by atoms with E-state index in [1.807, 2.05) is 42.0 Å². The van der Waals surface area contributed by atoms with Crippen molar-refractivity contribution in [1.29, 1.82) is 0 Å². The number of benzene rings is 1. The molecular weight excluding hydrogens is 316 g/mol. The largest absolute Gasteiger partial charge is 0.394 e. The predicted molar refractivity (Wildman–Crippen MR) is 98.6 cm³/mol. The molecule has 1 aromatic carbocycles. The Labute approximate surface area is 149 Å². The zero-order valence-corrected chi connectivity index (χ0v) is 15.4. The topological polar surface area (TPSA) is 79.2 Å². The summed E-state index contributed by atoms with van der Waals surface area (Å²) in [6, 6.07) is 7.29. The molecule has 0 saturated heterocycles. The van der Waals surface area contributed by atoms with Crippen LogP contribution in [0.1, 0.15) is 45.7 Å². The second-order valence-corrected chi connectivity index (χ2v) is 7.55. The van der Waals surface area contributed by atoms with Crippen molar-refractivity contribution in [3.8, 4) is 5.69 Å². The molecule has 2 rings (SSSR count). The average molecular weight is 344 g/mol. The molecule has 0 spiro atoms. The van der Waals surface area contributed by atoms with E-state index in [1.165, 1.54) is 0 Å². The van der Waals surface area contributed by atoms with Gasteiger partial charge in [0, 0.05) is 18.1 Å². The van der Waals surface area contributed by atoms with E-state index in [0.29, 0.717) is 6.42 Å². The minimum atomic E-state index is -0.269. The lowest BCUT2D eigenvalue weighted by Gasteiger charge is -2.26. The summed E-state index contributed by atoms with van der Waals surface area (Å²) in [7, 11) is 0. The molecule has 6 nitrogen and oxygen atoms in total. The van der Waals surface area contributed by atoms with Gasteiger partial charge in [-0.15, -0.1) is 0 Å². The molecule has 0 aliphatic heterocycles. The summed E-state index contributed by atoms with van der Waals surface area (Å²) < 4.78 is 1.92. The number of hydrogen-bond acceptors (Lipinski definition) is 3. The molecule has 1 heterocycles. The van der Waals surface area contributed by atoms with Gasteiger partial charge in [0.05, 0.1) is 25.0 Å². The molecule has 0 saturated carbocycles. The Morgan fingerprint density at radius 3 is 2.44 bits per heavy atom. The maximum atomic E-state index is 12.2. The van der Waals surface area contributed by atoms with Crippen LogP contribution >= 0.6 is 0 Å². The Bertz CT molecular complexity index is 660. The number of aliphatic hydroxyl groups excluding tert-OH is 1. The Hall–Kier alpha value is -2.34. The molecular formula is C19H28N4O2. The van der Waals surface area contributed by atoms with Crippen LogP contribution in [0.5, 0.6) is 0 Å². The van der Waals surface area contributed by atoms with Gasteiger partial charge in [0.25, 0.3) is 0 Å². The monoisotopic (exact) mass is 344 g/mol. The summed E-state index contributed by atoms with van der Waals surface area (Å²) in [6.07, 6.45) is 6.07. The lowest BCUT2D eigenvalue weighted by Crippen LogP contribution is -2.45. The zero-order valence-electron chi connectivity index (χ0n) is 15.4. The fourth-order valence-corrected chi connectivity index (χ4v) is 2.75. The van der Waals surface area contributed by atoms with Crippen LogP contribution in [0.3, 0.4) is 0 Å². The maximum Gasteiger partial charge on any atom is 0.315 e. The van der Waals surface area contributed by atoms with E-state index >= 15 is 0 Å². The maximum absolute atomic E-state index is 12.2. The van der Waals surface area contributed by atoms with E-state index in [1.54, 1.807) is 12.5 Å². The number of nitrogens with one attached hydrogen (secondary N) is 2. The molecule has 0 radical (unpaired) electrons. The summed E-state index contributed by atoms with van der Waals surface area (Å²) in [5.74, 6) is 0. The van der Waals surface area contributed by atoms with Gasteiger partial charge < -0.3 is 20.3 Å². The normalized spacial score (nSPS) is 14.0. The number of aliphatic hydroxyl groups is 1. The molecule has 2 atom stereocenters. The van der Waals surface area contributed by atoms with E-state index < -0.39 is 0 Å². The van der Waals surface area contributed by atoms with Crippen molar-refractivity contribution in [2.24, 2.45) is 5.41 Å². The lowest BCUT2D eigenvalue weighted by atomic mass is 9.88. The van der Waals surface area contributed by atoms with Gasteiger partial charge >= 0.3 is 6.03 Å². The molecule has 0 fully saturated rings. The molecule has 1 aromatic heterocycles. The smallest absolute Gasteiger partial charge is 0.315 e. The standard InChI is InChI=1S/C19H28N4O2/c1-14(21-18(25)22-16(12-24)11-19(2,3)4)15-5-7-17(8-6-15)23-10-9-20-13-23/h5-10,13-14,16,24H,11-12H2,1-4H3,(H2,21,22,25). The van der Waals surface area contributed by atoms with Gasteiger partial charge in [-0.25, -0.2) is 9.78 Å². The molecule has 2 amide bonds. The minimum absolute atomic E-state index is 0.0371. The Morgan fingerprint density at radius 2 is 1.92 bits per heavy atom. The fourth-order valence-electron chi connectivity index (χ4n) is 2.75. The average Bonchev–Trinajstić information content (AvgIpc) is 3.07. The Kier molecular flexibility index (Phi) is 6.20. The highest BCUT2D eigenvalue weighted by molar-refractivity contribution is 5.74. The molecule has 0 aliphatic rings. The summed E-state index contributed by atoms with van der Waals surface area (Å²) in [4.78, 5) is 16.2. The quantitative estimate of drug-likeness (QED) is 0.753. The Morgan fingerprint density at radius 1 is 1.24 bits per heavy atom. The number of nitrogens with zero attached hydrogens (tertiary/aromatic N) is 2. The fraction of sp³-hybridized carbons (Fsp3) is 0.474. The van der Waals surface area contributed by atoms with Crippen molar-refractivity contribution in [2.45, 2.75) is 46.2 Å². The van der Waals surface area contributed by atoms with Crippen molar-refractivity contribution < 1.29 is 9.90 Å².